The summed E-state index contributed by atoms with van der Waals surface area (Å²) in [6, 6.07) is 4.15. The van der Waals surface area contributed by atoms with Crippen LogP contribution in [0.3, 0.4) is 0 Å². The molecule has 0 saturated carbocycles. The summed E-state index contributed by atoms with van der Waals surface area (Å²) < 4.78 is 0. The lowest BCUT2D eigenvalue weighted by Gasteiger charge is -2.08. The zero-order valence-corrected chi connectivity index (χ0v) is 11.0. The number of nitrogens with one attached hydrogen (secondary N) is 1. The van der Waals surface area contributed by atoms with Crippen LogP contribution in [0.2, 0.25) is 0 Å². The van der Waals surface area contributed by atoms with Gasteiger partial charge >= 0.3 is 0 Å². The molecule has 0 fully saturated rings. The summed E-state index contributed by atoms with van der Waals surface area (Å²) >= 11 is 0. The topological polar surface area (TPSA) is 92.5 Å². The SMILES string of the molecule is Cc1cc([N+](=O)[O-])ccc1C(=O)NCCCC(C)O. The van der Waals surface area contributed by atoms with E-state index in [4.69, 9.17) is 5.11 Å². The van der Waals surface area contributed by atoms with Crippen molar-refractivity contribution < 1.29 is 14.8 Å². The van der Waals surface area contributed by atoms with Crippen molar-refractivity contribution in [2.24, 2.45) is 0 Å². The second-order valence-electron chi connectivity index (χ2n) is 4.50. The molecule has 0 aliphatic rings. The smallest absolute Gasteiger partial charge is 0.269 e. The van der Waals surface area contributed by atoms with Crippen molar-refractivity contribution in [2.75, 3.05) is 6.54 Å². The number of rotatable bonds is 6. The lowest BCUT2D eigenvalue weighted by molar-refractivity contribution is -0.384. The minimum atomic E-state index is -0.489. The summed E-state index contributed by atoms with van der Waals surface area (Å²) in [6.07, 6.45) is 0.938. The van der Waals surface area contributed by atoms with Crippen LogP contribution in [-0.2, 0) is 0 Å². The zero-order valence-electron chi connectivity index (χ0n) is 11.0. The number of nitro benzene ring substituents is 1. The quantitative estimate of drug-likeness (QED) is 0.466. The molecule has 0 heterocycles. The molecule has 19 heavy (non-hydrogen) atoms. The fourth-order valence-electron chi connectivity index (χ4n) is 1.71. The lowest BCUT2D eigenvalue weighted by atomic mass is 10.1. The summed E-state index contributed by atoms with van der Waals surface area (Å²) in [7, 11) is 0. The van der Waals surface area contributed by atoms with Crippen LogP contribution in [0.5, 0.6) is 0 Å². The van der Waals surface area contributed by atoms with Crippen molar-refractivity contribution in [3.05, 3.63) is 39.4 Å². The maximum atomic E-state index is 11.8. The molecule has 1 rings (SSSR count). The monoisotopic (exact) mass is 266 g/mol. The van der Waals surface area contributed by atoms with Gasteiger partial charge in [-0.05, 0) is 38.3 Å². The second-order valence-corrected chi connectivity index (χ2v) is 4.50. The second kappa shape index (κ2) is 6.84. The van der Waals surface area contributed by atoms with E-state index in [1.54, 1.807) is 13.8 Å². The standard InChI is InChI=1S/C13H18N2O4/c1-9-8-11(15(18)19)5-6-12(9)13(17)14-7-3-4-10(2)16/h5-6,8,10,16H,3-4,7H2,1-2H3,(H,14,17). The van der Waals surface area contributed by atoms with Crippen molar-refractivity contribution >= 4 is 11.6 Å². The third-order valence-corrected chi connectivity index (χ3v) is 2.75. The molecule has 6 heteroatoms. The number of aryl methyl sites for hydroxylation is 1. The number of aliphatic hydroxyl groups excluding tert-OH is 1. The minimum Gasteiger partial charge on any atom is -0.393 e. The van der Waals surface area contributed by atoms with E-state index in [2.05, 4.69) is 5.32 Å². The van der Waals surface area contributed by atoms with Gasteiger partial charge in [-0.1, -0.05) is 0 Å². The summed E-state index contributed by atoms with van der Waals surface area (Å²) in [6.45, 7) is 3.83. The van der Waals surface area contributed by atoms with Crippen molar-refractivity contribution in [3.8, 4) is 0 Å². The Morgan fingerprint density at radius 2 is 2.21 bits per heavy atom. The number of amides is 1. The van der Waals surface area contributed by atoms with Gasteiger partial charge in [0.25, 0.3) is 11.6 Å². The first kappa shape index (κ1) is 15.1. The van der Waals surface area contributed by atoms with Gasteiger partial charge < -0.3 is 10.4 Å². The number of nitrogens with zero attached hydrogens (tertiary/aromatic N) is 1. The van der Waals surface area contributed by atoms with Gasteiger partial charge in [-0.15, -0.1) is 0 Å². The third kappa shape index (κ3) is 4.67. The van der Waals surface area contributed by atoms with Crippen LogP contribution >= 0.6 is 0 Å². The molecule has 0 aromatic heterocycles. The molecule has 0 aliphatic carbocycles. The first-order chi connectivity index (χ1) is 8.91. The molecular weight excluding hydrogens is 248 g/mol. The van der Waals surface area contributed by atoms with E-state index in [1.165, 1.54) is 18.2 Å². The van der Waals surface area contributed by atoms with Gasteiger partial charge in [0.05, 0.1) is 11.0 Å². The highest BCUT2D eigenvalue weighted by atomic mass is 16.6. The number of hydrogen-bond donors (Lipinski definition) is 2. The molecule has 1 atom stereocenters. The summed E-state index contributed by atoms with van der Waals surface area (Å²) in [5.41, 5.74) is 0.980. The van der Waals surface area contributed by atoms with Crippen molar-refractivity contribution in [1.82, 2.24) is 5.32 Å². The Labute approximate surface area is 111 Å². The Kier molecular flexibility index (Phi) is 5.44. The maximum Gasteiger partial charge on any atom is 0.269 e. The Bertz CT molecular complexity index is 472. The average molecular weight is 266 g/mol. The molecule has 1 unspecified atom stereocenters. The highest BCUT2D eigenvalue weighted by molar-refractivity contribution is 5.95. The van der Waals surface area contributed by atoms with Gasteiger partial charge in [0, 0.05) is 24.2 Å². The predicted octanol–water partition coefficient (Wildman–Crippen LogP) is 1.79. The number of carbonyl (C=O) groups is 1. The van der Waals surface area contributed by atoms with E-state index in [0.29, 0.717) is 30.5 Å². The van der Waals surface area contributed by atoms with E-state index in [9.17, 15) is 14.9 Å². The third-order valence-electron chi connectivity index (χ3n) is 2.75. The molecule has 0 bridgehead atoms. The summed E-state index contributed by atoms with van der Waals surface area (Å²) in [5, 5.41) is 22.4. The van der Waals surface area contributed by atoms with Crippen molar-refractivity contribution in [2.45, 2.75) is 32.8 Å². The molecule has 0 saturated heterocycles. The summed E-state index contributed by atoms with van der Waals surface area (Å²) in [5.74, 6) is -0.252. The molecular formula is C13H18N2O4. The van der Waals surface area contributed by atoms with Gasteiger partial charge in [0.2, 0.25) is 0 Å². The summed E-state index contributed by atoms with van der Waals surface area (Å²) in [4.78, 5) is 21.9. The fourth-order valence-corrected chi connectivity index (χ4v) is 1.71. The van der Waals surface area contributed by atoms with Gasteiger partial charge in [0.1, 0.15) is 0 Å². The van der Waals surface area contributed by atoms with E-state index >= 15 is 0 Å². The van der Waals surface area contributed by atoms with E-state index in [0.717, 1.165) is 0 Å². The van der Waals surface area contributed by atoms with E-state index in [-0.39, 0.29) is 17.7 Å². The van der Waals surface area contributed by atoms with Crippen LogP contribution < -0.4 is 5.32 Å². The Morgan fingerprint density at radius 3 is 2.74 bits per heavy atom. The van der Waals surface area contributed by atoms with Crippen LogP contribution in [0.1, 0.15) is 35.7 Å². The number of hydrogen-bond acceptors (Lipinski definition) is 4. The lowest BCUT2D eigenvalue weighted by Crippen LogP contribution is -2.25. The Balaban J connectivity index is 2.60. The molecule has 1 amide bonds. The predicted molar refractivity (Wildman–Crippen MR) is 71.1 cm³/mol. The fraction of sp³-hybridized carbons (Fsp3) is 0.462. The average Bonchev–Trinajstić information content (AvgIpc) is 2.33. The Hall–Kier alpha value is -1.95. The van der Waals surface area contributed by atoms with Gasteiger partial charge in [-0.2, -0.15) is 0 Å². The van der Waals surface area contributed by atoms with E-state index in [1.807, 2.05) is 0 Å². The van der Waals surface area contributed by atoms with Crippen LogP contribution in [0.25, 0.3) is 0 Å². The van der Waals surface area contributed by atoms with Gasteiger partial charge in [-0.25, -0.2) is 0 Å². The number of aliphatic hydroxyl groups is 1. The minimum absolute atomic E-state index is 0.0249. The molecule has 6 nitrogen and oxygen atoms in total. The first-order valence-electron chi connectivity index (χ1n) is 6.13. The molecule has 1 aromatic carbocycles. The van der Waals surface area contributed by atoms with Crippen LogP contribution in [0.4, 0.5) is 5.69 Å². The maximum absolute atomic E-state index is 11.8. The van der Waals surface area contributed by atoms with E-state index < -0.39 is 4.92 Å². The van der Waals surface area contributed by atoms with Gasteiger partial charge in [0.15, 0.2) is 0 Å². The Morgan fingerprint density at radius 1 is 1.53 bits per heavy atom. The number of non-ortho nitro benzene ring substituents is 1. The van der Waals surface area contributed by atoms with Crippen molar-refractivity contribution in [1.29, 1.82) is 0 Å². The molecule has 2 N–H and O–H groups in total. The largest absolute Gasteiger partial charge is 0.393 e. The normalized spacial score (nSPS) is 11.9. The molecule has 1 aromatic rings. The highest BCUT2D eigenvalue weighted by Gasteiger charge is 2.13. The molecule has 0 radical (unpaired) electrons. The van der Waals surface area contributed by atoms with Crippen LogP contribution in [0, 0.1) is 17.0 Å². The van der Waals surface area contributed by atoms with Crippen molar-refractivity contribution in [3.63, 3.8) is 0 Å². The van der Waals surface area contributed by atoms with Crippen LogP contribution in [-0.4, -0.2) is 28.6 Å². The molecule has 0 aliphatic heterocycles. The zero-order chi connectivity index (χ0) is 14.4. The van der Waals surface area contributed by atoms with Gasteiger partial charge in [-0.3, -0.25) is 14.9 Å². The molecule has 104 valence electrons. The highest BCUT2D eigenvalue weighted by Crippen LogP contribution is 2.16. The number of benzene rings is 1. The number of nitro groups is 1. The van der Waals surface area contributed by atoms with Crippen LogP contribution in [0.15, 0.2) is 18.2 Å². The molecule has 0 spiro atoms. The number of carbonyl (C=O) groups excluding carboxylic acids is 1. The first-order valence-corrected chi connectivity index (χ1v) is 6.13.